The molecule has 3 N–H and O–H groups in total. The highest BCUT2D eigenvalue weighted by Crippen LogP contribution is 2.35. The Kier molecular flexibility index (Phi) is 4.11. The second kappa shape index (κ2) is 5.25. The van der Waals surface area contributed by atoms with Gasteiger partial charge in [-0.3, -0.25) is 0 Å². The summed E-state index contributed by atoms with van der Waals surface area (Å²) in [5.74, 6) is 0. The number of hydrogen-bond acceptors (Lipinski definition) is 3. The third-order valence-electron chi connectivity index (χ3n) is 4.75. The van der Waals surface area contributed by atoms with Crippen molar-refractivity contribution < 1.29 is 4.74 Å². The van der Waals surface area contributed by atoms with E-state index in [-0.39, 0.29) is 11.1 Å². The van der Waals surface area contributed by atoms with Crippen LogP contribution in [0.4, 0.5) is 0 Å². The fourth-order valence-corrected chi connectivity index (χ4v) is 3.43. The van der Waals surface area contributed by atoms with Crippen molar-refractivity contribution in [3.8, 4) is 0 Å². The first-order valence-electron chi connectivity index (χ1n) is 7.23. The second-order valence-corrected chi connectivity index (χ2v) is 6.19. The first-order chi connectivity index (χ1) is 8.11. The van der Waals surface area contributed by atoms with E-state index in [0.717, 1.165) is 32.4 Å². The van der Waals surface area contributed by atoms with Crippen molar-refractivity contribution >= 4 is 0 Å². The third-order valence-corrected chi connectivity index (χ3v) is 4.75. The van der Waals surface area contributed by atoms with E-state index in [1.54, 1.807) is 0 Å². The molecule has 0 bridgehead atoms. The Hall–Kier alpha value is -0.120. The molecule has 2 unspecified atom stereocenters. The van der Waals surface area contributed by atoms with Crippen molar-refractivity contribution in [3.63, 3.8) is 0 Å². The van der Waals surface area contributed by atoms with Crippen LogP contribution in [0.15, 0.2) is 0 Å². The van der Waals surface area contributed by atoms with E-state index in [1.807, 2.05) is 0 Å². The van der Waals surface area contributed by atoms with Crippen molar-refractivity contribution in [2.24, 2.45) is 5.73 Å². The molecule has 1 saturated carbocycles. The summed E-state index contributed by atoms with van der Waals surface area (Å²) in [5, 5.41) is 3.87. The predicted octanol–water partition coefficient (Wildman–Crippen LogP) is 2.20. The van der Waals surface area contributed by atoms with Gasteiger partial charge in [-0.1, -0.05) is 19.8 Å². The molecule has 0 aromatic heterocycles. The Morgan fingerprint density at radius 3 is 2.65 bits per heavy atom. The van der Waals surface area contributed by atoms with Gasteiger partial charge in [-0.25, -0.2) is 0 Å². The summed E-state index contributed by atoms with van der Waals surface area (Å²) >= 11 is 0. The lowest BCUT2D eigenvalue weighted by atomic mass is 9.78. The van der Waals surface area contributed by atoms with Crippen molar-refractivity contribution in [3.05, 3.63) is 0 Å². The van der Waals surface area contributed by atoms with E-state index in [2.05, 4.69) is 19.2 Å². The molecule has 0 aromatic carbocycles. The van der Waals surface area contributed by atoms with E-state index < -0.39 is 0 Å². The maximum Gasteiger partial charge on any atom is 0.0670 e. The van der Waals surface area contributed by atoms with Crippen LogP contribution >= 0.6 is 0 Å². The van der Waals surface area contributed by atoms with Crippen LogP contribution < -0.4 is 11.1 Å². The average molecular weight is 240 g/mol. The molecule has 17 heavy (non-hydrogen) atoms. The van der Waals surface area contributed by atoms with Crippen molar-refractivity contribution in [2.45, 2.75) is 76.0 Å². The van der Waals surface area contributed by atoms with Crippen LogP contribution in [0.5, 0.6) is 0 Å². The molecule has 0 aromatic rings. The minimum atomic E-state index is 0.0171. The lowest BCUT2D eigenvalue weighted by Crippen LogP contribution is -2.61. The van der Waals surface area contributed by atoms with E-state index in [1.165, 1.54) is 25.7 Å². The van der Waals surface area contributed by atoms with Crippen molar-refractivity contribution in [2.75, 3.05) is 13.2 Å². The van der Waals surface area contributed by atoms with Gasteiger partial charge in [0.15, 0.2) is 0 Å². The quantitative estimate of drug-likeness (QED) is 0.792. The normalized spacial score (nSPS) is 39.7. The molecule has 0 amide bonds. The van der Waals surface area contributed by atoms with Gasteiger partial charge in [0.1, 0.15) is 0 Å². The molecule has 3 heteroatoms. The summed E-state index contributed by atoms with van der Waals surface area (Å²) in [5.41, 5.74) is 6.21. The molecule has 1 aliphatic heterocycles. The van der Waals surface area contributed by atoms with Gasteiger partial charge < -0.3 is 15.8 Å². The standard InChI is InChI=1S/C14H28N2O/c1-3-13(2)10-14(11-15,8-9-17-13)16-12-6-4-5-7-12/h12,16H,3-11,15H2,1-2H3. The Morgan fingerprint density at radius 1 is 1.35 bits per heavy atom. The van der Waals surface area contributed by atoms with Gasteiger partial charge in [-0.2, -0.15) is 0 Å². The molecule has 2 aliphatic rings. The maximum absolute atomic E-state index is 6.07. The van der Waals surface area contributed by atoms with Crippen molar-refractivity contribution in [1.82, 2.24) is 5.32 Å². The summed E-state index contributed by atoms with van der Waals surface area (Å²) in [7, 11) is 0. The number of hydrogen-bond donors (Lipinski definition) is 2. The number of nitrogens with one attached hydrogen (secondary N) is 1. The summed E-state index contributed by atoms with van der Waals surface area (Å²) in [6, 6.07) is 0.692. The van der Waals surface area contributed by atoms with Gasteiger partial charge in [-0.15, -0.1) is 0 Å². The van der Waals surface area contributed by atoms with Crippen molar-refractivity contribution in [1.29, 1.82) is 0 Å². The van der Waals surface area contributed by atoms with E-state index in [9.17, 15) is 0 Å². The second-order valence-electron chi connectivity index (χ2n) is 6.19. The summed E-state index contributed by atoms with van der Waals surface area (Å²) in [6.45, 7) is 6.03. The molecule has 1 saturated heterocycles. The van der Waals surface area contributed by atoms with E-state index in [0.29, 0.717) is 6.04 Å². The van der Waals surface area contributed by atoms with Crippen LogP contribution in [-0.4, -0.2) is 30.3 Å². The van der Waals surface area contributed by atoms with Crippen LogP contribution in [0.25, 0.3) is 0 Å². The number of ether oxygens (including phenoxy) is 1. The topological polar surface area (TPSA) is 47.3 Å². The van der Waals surface area contributed by atoms with E-state index >= 15 is 0 Å². The summed E-state index contributed by atoms with van der Waals surface area (Å²) in [6.07, 6.45) is 8.59. The minimum Gasteiger partial charge on any atom is -0.375 e. The lowest BCUT2D eigenvalue weighted by Gasteiger charge is -2.47. The smallest absolute Gasteiger partial charge is 0.0670 e. The van der Waals surface area contributed by atoms with E-state index in [4.69, 9.17) is 10.5 Å². The zero-order chi connectivity index (χ0) is 12.4. The Morgan fingerprint density at radius 2 is 2.06 bits per heavy atom. The fourth-order valence-electron chi connectivity index (χ4n) is 3.43. The summed E-state index contributed by atoms with van der Waals surface area (Å²) < 4.78 is 5.94. The average Bonchev–Trinajstić information content (AvgIpc) is 2.82. The van der Waals surface area contributed by atoms with Gasteiger partial charge in [0.2, 0.25) is 0 Å². The van der Waals surface area contributed by atoms with Gasteiger partial charge in [-0.05, 0) is 39.0 Å². The maximum atomic E-state index is 6.07. The monoisotopic (exact) mass is 240 g/mol. The molecule has 2 fully saturated rings. The molecular formula is C14H28N2O. The van der Waals surface area contributed by atoms with Crippen LogP contribution in [0.1, 0.15) is 58.8 Å². The molecule has 0 spiro atoms. The third kappa shape index (κ3) is 3.01. The molecule has 1 aliphatic carbocycles. The Labute approximate surface area is 105 Å². The van der Waals surface area contributed by atoms with Crippen LogP contribution in [-0.2, 0) is 4.74 Å². The SMILES string of the molecule is CCC1(C)CC(CN)(NC2CCCC2)CCO1. The predicted molar refractivity (Wildman–Crippen MR) is 71.1 cm³/mol. The van der Waals surface area contributed by atoms with Crippen LogP contribution in [0.2, 0.25) is 0 Å². The first-order valence-corrected chi connectivity index (χ1v) is 7.23. The molecule has 0 radical (unpaired) electrons. The minimum absolute atomic E-state index is 0.0171. The highest BCUT2D eigenvalue weighted by molar-refractivity contribution is 5.00. The first kappa shape index (κ1) is 13.3. The van der Waals surface area contributed by atoms with Gasteiger partial charge in [0.05, 0.1) is 5.60 Å². The zero-order valence-electron chi connectivity index (χ0n) is 11.4. The van der Waals surface area contributed by atoms with Gasteiger partial charge >= 0.3 is 0 Å². The van der Waals surface area contributed by atoms with Gasteiger partial charge in [0.25, 0.3) is 0 Å². The highest BCUT2D eigenvalue weighted by Gasteiger charge is 2.42. The zero-order valence-corrected chi connectivity index (χ0v) is 11.4. The molecule has 2 rings (SSSR count). The molecular weight excluding hydrogens is 212 g/mol. The summed E-state index contributed by atoms with van der Waals surface area (Å²) in [4.78, 5) is 0. The molecule has 3 nitrogen and oxygen atoms in total. The molecule has 1 heterocycles. The number of rotatable bonds is 4. The fraction of sp³-hybridized carbons (Fsp3) is 1.00. The Balaban J connectivity index is 2.01. The lowest BCUT2D eigenvalue weighted by molar-refractivity contribution is -0.101. The Bertz CT molecular complexity index is 253. The van der Waals surface area contributed by atoms with Crippen LogP contribution in [0.3, 0.4) is 0 Å². The van der Waals surface area contributed by atoms with Gasteiger partial charge in [0, 0.05) is 24.7 Å². The molecule has 2 atom stereocenters. The number of nitrogens with two attached hydrogens (primary N) is 1. The highest BCUT2D eigenvalue weighted by atomic mass is 16.5. The molecule has 100 valence electrons. The van der Waals surface area contributed by atoms with Crippen LogP contribution in [0, 0.1) is 0 Å². The largest absolute Gasteiger partial charge is 0.375 e.